The van der Waals surface area contributed by atoms with Crippen LogP contribution in [0.5, 0.6) is 0 Å². The predicted octanol–water partition coefficient (Wildman–Crippen LogP) is 8.64. The quantitative estimate of drug-likeness (QED) is 0.277. The Morgan fingerprint density at radius 2 is 1.31 bits per heavy atom. The number of allylic oxidation sites excluding steroid dienone is 9. The minimum atomic E-state index is -1.74. The molecule has 0 heterocycles. The molecule has 147 valence electrons. The van der Waals surface area contributed by atoms with Gasteiger partial charge in [0.1, 0.15) is 0 Å². The van der Waals surface area contributed by atoms with Crippen LogP contribution in [0.1, 0.15) is 79.1 Å². The molecule has 0 aromatic rings. The van der Waals surface area contributed by atoms with Crippen molar-refractivity contribution in [2.45, 2.75) is 83.2 Å². The largest absolute Gasteiger partial charge is 0.147 e. The first-order chi connectivity index (χ1) is 11.6. The molecule has 0 unspecified atom stereocenters. The minimum Gasteiger partial charge on any atom is -0.147 e. The number of rotatable bonds is 10. The van der Waals surface area contributed by atoms with E-state index in [1.807, 2.05) is 6.56 Å². The molecule has 2 rings (SSSR count). The van der Waals surface area contributed by atoms with Crippen molar-refractivity contribution < 1.29 is 21.8 Å². The normalized spacial score (nSPS) is 16.2. The second kappa shape index (κ2) is 13.4. The van der Waals surface area contributed by atoms with Gasteiger partial charge in [-0.05, 0) is 0 Å². The monoisotopic (exact) mass is 473 g/mol. The van der Waals surface area contributed by atoms with Crippen LogP contribution in [0.3, 0.4) is 0 Å². The Bertz CT molecular complexity index is 545. The third-order valence-electron chi connectivity index (χ3n) is 5.38. The van der Waals surface area contributed by atoms with E-state index in [2.05, 4.69) is 52.5 Å². The van der Waals surface area contributed by atoms with Gasteiger partial charge in [0.05, 0.1) is 0 Å². The fourth-order valence-corrected chi connectivity index (χ4v) is 11.7. The molecule has 0 nitrogen and oxygen atoms in total. The first kappa shape index (κ1) is 26.2. The average Bonchev–Trinajstić information content (AvgIpc) is 3.11. The van der Waals surface area contributed by atoms with E-state index in [0.717, 1.165) is 0 Å². The molecule has 2 aliphatic carbocycles. The summed E-state index contributed by atoms with van der Waals surface area (Å²) in [6, 6.07) is 0. The number of hydrogen-bond acceptors (Lipinski definition) is 0. The van der Waals surface area contributed by atoms with E-state index in [1.54, 1.807) is 22.3 Å². The maximum atomic E-state index is 4.10. The average molecular weight is 476 g/mol. The summed E-state index contributed by atoms with van der Waals surface area (Å²) in [6.45, 7) is 13.4. The molecule has 0 saturated heterocycles. The topological polar surface area (TPSA) is 0 Å². The fourth-order valence-electron chi connectivity index (χ4n) is 4.01. The van der Waals surface area contributed by atoms with Crippen LogP contribution in [-0.4, -0.2) is 0 Å². The van der Waals surface area contributed by atoms with Crippen LogP contribution in [0.15, 0.2) is 53.7 Å². The van der Waals surface area contributed by atoms with Crippen molar-refractivity contribution in [1.82, 2.24) is 0 Å². The van der Waals surface area contributed by atoms with Gasteiger partial charge in [-0.1, -0.05) is 0 Å². The van der Waals surface area contributed by atoms with E-state index in [9.17, 15) is 0 Å². The summed E-state index contributed by atoms with van der Waals surface area (Å²) in [4.78, 5) is 0. The van der Waals surface area contributed by atoms with Crippen LogP contribution in [0.25, 0.3) is 0 Å². The SMILES string of the molecule is C=C[CH2][Zr]([C]1=C(C)C=C(CCCC)C1)[C]1=C(C)C=C(CCCC)C1.Cl.Cl. The zero-order valence-electron chi connectivity index (χ0n) is 17.1. The van der Waals surface area contributed by atoms with Crippen LogP contribution in [0.4, 0.5) is 0 Å². The van der Waals surface area contributed by atoms with Crippen molar-refractivity contribution in [3.63, 3.8) is 0 Å². The smallest absolute Gasteiger partial charge is 0.147 e. The van der Waals surface area contributed by atoms with E-state index < -0.39 is 21.8 Å². The van der Waals surface area contributed by atoms with E-state index in [4.69, 9.17) is 0 Å². The van der Waals surface area contributed by atoms with E-state index in [0.29, 0.717) is 0 Å². The van der Waals surface area contributed by atoms with Gasteiger partial charge in [0, 0.05) is 0 Å². The molecule has 2 aliphatic rings. The summed E-state index contributed by atoms with van der Waals surface area (Å²) in [6.07, 6.45) is 17.7. The van der Waals surface area contributed by atoms with Crippen molar-refractivity contribution in [3.8, 4) is 0 Å². The van der Waals surface area contributed by atoms with E-state index in [-0.39, 0.29) is 24.8 Å². The molecular formula is C23H37Cl2Zr. The second-order valence-electron chi connectivity index (χ2n) is 7.46. The fraction of sp³-hybridized carbons (Fsp3) is 0.565. The number of unbranched alkanes of at least 4 members (excludes halogenated alkanes) is 2. The van der Waals surface area contributed by atoms with Crippen molar-refractivity contribution >= 4 is 24.8 Å². The molecule has 0 fully saturated rings. The molecule has 0 aliphatic heterocycles. The molecule has 3 heteroatoms. The van der Waals surface area contributed by atoms with Gasteiger partial charge in [-0.15, -0.1) is 24.8 Å². The van der Waals surface area contributed by atoms with Crippen LogP contribution in [0.2, 0.25) is 4.13 Å². The molecule has 0 N–H and O–H groups in total. The third-order valence-corrected chi connectivity index (χ3v) is 13.5. The number of halogens is 2. The van der Waals surface area contributed by atoms with Gasteiger partial charge in [-0.25, -0.2) is 0 Å². The molecule has 0 bridgehead atoms. The van der Waals surface area contributed by atoms with Gasteiger partial charge in [0.15, 0.2) is 0 Å². The Labute approximate surface area is 182 Å². The van der Waals surface area contributed by atoms with Crippen molar-refractivity contribution in [3.05, 3.63) is 53.7 Å². The summed E-state index contributed by atoms with van der Waals surface area (Å²) >= 11 is -1.74. The summed E-state index contributed by atoms with van der Waals surface area (Å²) in [7, 11) is 0. The van der Waals surface area contributed by atoms with Gasteiger partial charge in [-0.3, -0.25) is 0 Å². The minimum absolute atomic E-state index is 0. The summed E-state index contributed by atoms with van der Waals surface area (Å²) in [5.74, 6) is 0. The van der Waals surface area contributed by atoms with Crippen molar-refractivity contribution in [2.24, 2.45) is 0 Å². The molecule has 0 atom stereocenters. The van der Waals surface area contributed by atoms with Gasteiger partial charge >= 0.3 is 159 Å². The van der Waals surface area contributed by atoms with E-state index in [1.165, 1.54) is 55.5 Å². The number of hydrogen-bond donors (Lipinski definition) is 0. The molecule has 0 saturated carbocycles. The third kappa shape index (κ3) is 6.96. The second-order valence-corrected chi connectivity index (χ2v) is 13.8. The van der Waals surface area contributed by atoms with Gasteiger partial charge in [0.2, 0.25) is 0 Å². The summed E-state index contributed by atoms with van der Waals surface area (Å²) in [5, 5.41) is 0. The molecular weight excluding hydrogens is 438 g/mol. The first-order valence-corrected chi connectivity index (χ1v) is 14.1. The van der Waals surface area contributed by atoms with E-state index >= 15 is 0 Å². The van der Waals surface area contributed by atoms with Crippen LogP contribution < -0.4 is 0 Å². The molecule has 26 heavy (non-hydrogen) atoms. The standard InChI is InChI=1S/2C10H15.C3H5.2ClH.Zr/c2*1-3-4-5-10-7-6-9(2)8-10;1-3-2;;;/h2*8H,3-5,7H2,1-2H3;3H,1-2H2;2*1H;. The van der Waals surface area contributed by atoms with Gasteiger partial charge < -0.3 is 0 Å². The Balaban J connectivity index is 0.00000312. The van der Waals surface area contributed by atoms with Crippen LogP contribution >= 0.6 is 24.8 Å². The zero-order chi connectivity index (χ0) is 17.5. The molecule has 0 aromatic carbocycles. The molecule has 0 aromatic heterocycles. The van der Waals surface area contributed by atoms with Crippen LogP contribution in [0, 0.1) is 0 Å². The summed E-state index contributed by atoms with van der Waals surface area (Å²) < 4.78 is 5.01. The van der Waals surface area contributed by atoms with Crippen molar-refractivity contribution in [2.75, 3.05) is 0 Å². The first-order valence-electron chi connectivity index (χ1n) is 9.86. The Hall–Kier alpha value is 0.163. The Kier molecular flexibility index (Phi) is 13.4. The maximum Gasteiger partial charge on any atom is -0.147 e. The van der Waals surface area contributed by atoms with Crippen LogP contribution in [-0.2, 0) is 21.8 Å². The molecule has 0 spiro atoms. The zero-order valence-corrected chi connectivity index (χ0v) is 21.2. The van der Waals surface area contributed by atoms with Gasteiger partial charge in [0.25, 0.3) is 0 Å². The van der Waals surface area contributed by atoms with Crippen molar-refractivity contribution in [1.29, 1.82) is 0 Å². The maximum absolute atomic E-state index is 4.10. The summed E-state index contributed by atoms with van der Waals surface area (Å²) in [5.41, 5.74) is 6.61. The molecule has 0 amide bonds. The Morgan fingerprint density at radius 3 is 1.65 bits per heavy atom. The predicted molar refractivity (Wildman–Crippen MR) is 119 cm³/mol. The van der Waals surface area contributed by atoms with Gasteiger partial charge in [-0.2, -0.15) is 0 Å². The Morgan fingerprint density at radius 1 is 0.885 bits per heavy atom. The molecule has 0 radical (unpaired) electrons.